The van der Waals surface area contributed by atoms with Gasteiger partial charge in [0.2, 0.25) is 0 Å². The molecular weight excluding hydrogens is 298 g/mol. The van der Waals surface area contributed by atoms with Crippen LogP contribution in [0.2, 0.25) is 0 Å². The van der Waals surface area contributed by atoms with Gasteiger partial charge in [-0.1, -0.05) is 18.2 Å². The highest BCUT2D eigenvalue weighted by atomic mass is 32.2. The monoisotopic (exact) mass is 312 g/mol. The number of halogens is 2. The minimum atomic E-state index is -3.98. The number of anilines is 1. The van der Waals surface area contributed by atoms with Crippen molar-refractivity contribution in [1.82, 2.24) is 5.32 Å². The standard InChI is InChI=1S/C14H14F2N2O2S/c1-17-9-10-4-2-3-5-14(10)18-21(19,20)11-6-7-12(15)13(16)8-11/h2-8,17-18H,9H2,1H3. The van der Waals surface area contributed by atoms with Gasteiger partial charge in [0.1, 0.15) is 0 Å². The molecule has 0 spiro atoms. The van der Waals surface area contributed by atoms with E-state index in [0.717, 1.165) is 17.7 Å². The number of sulfonamides is 1. The minimum absolute atomic E-state index is 0.333. The average molecular weight is 312 g/mol. The highest BCUT2D eigenvalue weighted by molar-refractivity contribution is 7.92. The Morgan fingerprint density at radius 3 is 2.43 bits per heavy atom. The maximum absolute atomic E-state index is 13.2. The number of benzene rings is 2. The normalized spacial score (nSPS) is 11.4. The molecule has 2 aromatic rings. The van der Waals surface area contributed by atoms with Crippen LogP contribution in [0.4, 0.5) is 14.5 Å². The van der Waals surface area contributed by atoms with Crippen molar-refractivity contribution in [3.63, 3.8) is 0 Å². The van der Waals surface area contributed by atoms with E-state index in [1.54, 1.807) is 31.3 Å². The van der Waals surface area contributed by atoms with Gasteiger partial charge in [-0.15, -0.1) is 0 Å². The molecule has 112 valence electrons. The Kier molecular flexibility index (Phi) is 4.54. The first-order chi connectivity index (χ1) is 9.94. The molecule has 0 saturated carbocycles. The molecule has 0 amide bonds. The van der Waals surface area contributed by atoms with Crippen molar-refractivity contribution in [3.8, 4) is 0 Å². The van der Waals surface area contributed by atoms with E-state index in [4.69, 9.17) is 0 Å². The SMILES string of the molecule is CNCc1ccccc1NS(=O)(=O)c1ccc(F)c(F)c1. The van der Waals surface area contributed by atoms with E-state index in [9.17, 15) is 17.2 Å². The van der Waals surface area contributed by atoms with Gasteiger partial charge in [0.05, 0.1) is 10.6 Å². The molecule has 0 saturated heterocycles. The summed E-state index contributed by atoms with van der Waals surface area (Å²) in [4.78, 5) is -0.333. The third-order valence-corrected chi connectivity index (χ3v) is 4.19. The van der Waals surface area contributed by atoms with Gasteiger partial charge in [-0.25, -0.2) is 17.2 Å². The van der Waals surface area contributed by atoms with Crippen LogP contribution in [0.1, 0.15) is 5.56 Å². The van der Waals surface area contributed by atoms with E-state index < -0.39 is 21.7 Å². The summed E-state index contributed by atoms with van der Waals surface area (Å²) in [5.41, 5.74) is 1.13. The second-order valence-corrected chi connectivity index (χ2v) is 6.05. The molecule has 0 aromatic heterocycles. The molecule has 2 rings (SSSR count). The van der Waals surface area contributed by atoms with Gasteiger partial charge in [0.15, 0.2) is 11.6 Å². The van der Waals surface area contributed by atoms with Crippen LogP contribution in [-0.4, -0.2) is 15.5 Å². The van der Waals surface area contributed by atoms with Crippen LogP contribution < -0.4 is 10.0 Å². The van der Waals surface area contributed by atoms with Gasteiger partial charge in [-0.05, 0) is 36.9 Å². The maximum Gasteiger partial charge on any atom is 0.262 e. The van der Waals surface area contributed by atoms with Gasteiger partial charge in [-0.2, -0.15) is 0 Å². The van der Waals surface area contributed by atoms with Crippen LogP contribution in [-0.2, 0) is 16.6 Å². The van der Waals surface area contributed by atoms with Crippen molar-refractivity contribution in [2.75, 3.05) is 11.8 Å². The Hall–Kier alpha value is -1.99. The highest BCUT2D eigenvalue weighted by Gasteiger charge is 2.17. The van der Waals surface area contributed by atoms with Crippen LogP contribution in [0.15, 0.2) is 47.4 Å². The zero-order chi connectivity index (χ0) is 15.5. The summed E-state index contributed by atoms with van der Waals surface area (Å²) in [6, 6.07) is 9.27. The topological polar surface area (TPSA) is 58.2 Å². The Bertz CT molecular complexity index is 748. The highest BCUT2D eigenvalue weighted by Crippen LogP contribution is 2.21. The van der Waals surface area contributed by atoms with E-state index in [1.807, 2.05) is 0 Å². The average Bonchev–Trinajstić information content (AvgIpc) is 2.44. The van der Waals surface area contributed by atoms with Crippen molar-refractivity contribution < 1.29 is 17.2 Å². The number of nitrogens with one attached hydrogen (secondary N) is 2. The van der Waals surface area contributed by atoms with Gasteiger partial charge in [0, 0.05) is 6.54 Å². The summed E-state index contributed by atoms with van der Waals surface area (Å²) in [5.74, 6) is -2.30. The first kappa shape index (κ1) is 15.4. The molecule has 0 aliphatic heterocycles. The molecule has 0 fully saturated rings. The fourth-order valence-electron chi connectivity index (χ4n) is 1.81. The molecule has 7 heteroatoms. The van der Waals surface area contributed by atoms with Crippen molar-refractivity contribution in [2.24, 2.45) is 0 Å². The fraction of sp³-hybridized carbons (Fsp3) is 0.143. The lowest BCUT2D eigenvalue weighted by molar-refractivity contribution is 0.504. The Labute approximate surface area is 121 Å². The summed E-state index contributed by atoms with van der Waals surface area (Å²) in [7, 11) is -2.24. The van der Waals surface area contributed by atoms with Gasteiger partial charge in [-0.3, -0.25) is 4.72 Å². The summed E-state index contributed by atoms with van der Waals surface area (Å²) in [6.07, 6.45) is 0. The molecule has 0 aliphatic rings. The molecule has 21 heavy (non-hydrogen) atoms. The van der Waals surface area contributed by atoms with Gasteiger partial charge >= 0.3 is 0 Å². The van der Waals surface area contributed by atoms with E-state index in [2.05, 4.69) is 10.0 Å². The number of hydrogen-bond acceptors (Lipinski definition) is 3. The summed E-state index contributed by atoms with van der Waals surface area (Å²) in [6.45, 7) is 0.469. The Morgan fingerprint density at radius 1 is 1.05 bits per heavy atom. The predicted molar refractivity (Wildman–Crippen MR) is 76.4 cm³/mol. The number of para-hydroxylation sites is 1. The molecular formula is C14H14F2N2O2S. The van der Waals surface area contributed by atoms with Crippen LogP contribution in [0.5, 0.6) is 0 Å². The zero-order valence-corrected chi connectivity index (χ0v) is 12.0. The van der Waals surface area contributed by atoms with E-state index in [1.165, 1.54) is 0 Å². The maximum atomic E-state index is 13.2. The zero-order valence-electron chi connectivity index (χ0n) is 11.2. The largest absolute Gasteiger partial charge is 0.316 e. The molecule has 0 radical (unpaired) electrons. The summed E-state index contributed by atoms with van der Waals surface area (Å²) < 4.78 is 52.8. The first-order valence-electron chi connectivity index (χ1n) is 6.14. The third-order valence-electron chi connectivity index (χ3n) is 2.83. The molecule has 0 heterocycles. The predicted octanol–water partition coefficient (Wildman–Crippen LogP) is 2.49. The molecule has 2 aromatic carbocycles. The Morgan fingerprint density at radius 2 is 1.76 bits per heavy atom. The van der Waals surface area contributed by atoms with E-state index in [0.29, 0.717) is 18.3 Å². The lowest BCUT2D eigenvalue weighted by Crippen LogP contribution is -2.16. The van der Waals surface area contributed by atoms with Crippen LogP contribution in [0.3, 0.4) is 0 Å². The number of hydrogen-bond donors (Lipinski definition) is 2. The number of rotatable bonds is 5. The van der Waals surface area contributed by atoms with Crippen LogP contribution >= 0.6 is 0 Å². The third kappa shape index (κ3) is 3.56. The van der Waals surface area contributed by atoms with Crippen molar-refractivity contribution in [1.29, 1.82) is 0 Å². The lowest BCUT2D eigenvalue weighted by Gasteiger charge is -2.12. The summed E-state index contributed by atoms with van der Waals surface area (Å²) >= 11 is 0. The fourth-order valence-corrected chi connectivity index (χ4v) is 2.92. The van der Waals surface area contributed by atoms with Crippen molar-refractivity contribution in [3.05, 3.63) is 59.7 Å². The van der Waals surface area contributed by atoms with Crippen LogP contribution in [0.25, 0.3) is 0 Å². The molecule has 4 nitrogen and oxygen atoms in total. The molecule has 2 N–H and O–H groups in total. The minimum Gasteiger partial charge on any atom is -0.316 e. The molecule has 0 unspecified atom stereocenters. The Balaban J connectivity index is 2.35. The van der Waals surface area contributed by atoms with Crippen molar-refractivity contribution >= 4 is 15.7 Å². The molecule has 0 atom stereocenters. The van der Waals surface area contributed by atoms with Gasteiger partial charge < -0.3 is 5.32 Å². The van der Waals surface area contributed by atoms with Crippen molar-refractivity contribution in [2.45, 2.75) is 11.4 Å². The summed E-state index contributed by atoms with van der Waals surface area (Å²) in [5, 5.41) is 2.92. The quantitative estimate of drug-likeness (QED) is 0.892. The second-order valence-electron chi connectivity index (χ2n) is 4.37. The molecule has 0 aliphatic carbocycles. The van der Waals surface area contributed by atoms with E-state index in [-0.39, 0.29) is 4.90 Å². The lowest BCUT2D eigenvalue weighted by atomic mass is 10.2. The van der Waals surface area contributed by atoms with Crippen LogP contribution in [0, 0.1) is 11.6 Å². The smallest absolute Gasteiger partial charge is 0.262 e. The second kappa shape index (κ2) is 6.19. The first-order valence-corrected chi connectivity index (χ1v) is 7.63. The molecule has 0 bridgehead atoms. The van der Waals surface area contributed by atoms with E-state index >= 15 is 0 Å². The van der Waals surface area contributed by atoms with Gasteiger partial charge in [0.25, 0.3) is 10.0 Å².